The van der Waals surface area contributed by atoms with Gasteiger partial charge >= 0.3 is 0 Å². The largest absolute Gasteiger partial charge is 0.316 e. The van der Waals surface area contributed by atoms with E-state index in [0.717, 1.165) is 30.5 Å². The molecular weight excluding hydrogens is 314 g/mol. The van der Waals surface area contributed by atoms with Gasteiger partial charge in [-0.25, -0.2) is 0 Å². The molecule has 108 valence electrons. The van der Waals surface area contributed by atoms with E-state index in [1.54, 1.807) is 0 Å². The van der Waals surface area contributed by atoms with Crippen LogP contribution in [0.2, 0.25) is 0 Å². The second kappa shape index (κ2) is 7.60. The predicted octanol–water partition coefficient (Wildman–Crippen LogP) is 3.48. The van der Waals surface area contributed by atoms with E-state index in [2.05, 4.69) is 64.5 Å². The maximum atomic E-state index is 4.27. The van der Waals surface area contributed by atoms with Crippen LogP contribution >= 0.6 is 15.9 Å². The minimum absolute atomic E-state index is 0.714. The Labute approximate surface area is 129 Å². The van der Waals surface area contributed by atoms with Crippen molar-refractivity contribution in [2.45, 2.75) is 26.8 Å². The lowest BCUT2D eigenvalue weighted by molar-refractivity contribution is 0.554. The Balaban J connectivity index is 1.80. The zero-order chi connectivity index (χ0) is 14.4. The normalized spacial score (nSPS) is 11.2. The molecule has 20 heavy (non-hydrogen) atoms. The van der Waals surface area contributed by atoms with Gasteiger partial charge in [-0.05, 0) is 52.5 Å². The summed E-state index contributed by atoms with van der Waals surface area (Å²) in [7, 11) is 0. The molecule has 0 aliphatic heterocycles. The zero-order valence-electron chi connectivity index (χ0n) is 12.1. The van der Waals surface area contributed by atoms with Gasteiger partial charge in [-0.2, -0.15) is 5.10 Å². The minimum Gasteiger partial charge on any atom is -0.316 e. The molecule has 1 heterocycles. The first-order chi connectivity index (χ1) is 9.63. The molecule has 0 aliphatic rings. The molecule has 1 aromatic carbocycles. The summed E-state index contributed by atoms with van der Waals surface area (Å²) in [4.78, 5) is 0. The monoisotopic (exact) mass is 335 g/mol. The fourth-order valence-electron chi connectivity index (χ4n) is 2.05. The Kier molecular flexibility index (Phi) is 5.80. The first kappa shape index (κ1) is 15.3. The maximum absolute atomic E-state index is 4.27. The average Bonchev–Trinajstić information content (AvgIpc) is 2.82. The van der Waals surface area contributed by atoms with Crippen molar-refractivity contribution >= 4 is 15.9 Å². The summed E-state index contributed by atoms with van der Waals surface area (Å²) in [5.74, 6) is 0.714. The molecule has 0 bridgehead atoms. The van der Waals surface area contributed by atoms with Gasteiger partial charge in [0.25, 0.3) is 0 Å². The van der Waals surface area contributed by atoms with Gasteiger partial charge in [-0.3, -0.25) is 4.68 Å². The summed E-state index contributed by atoms with van der Waals surface area (Å²) >= 11 is 3.41. The standard InChI is InChI=1S/C16H22BrN3/c1-13(2)9-18-8-7-14-3-5-15(6-4-14)11-20-12-16(17)10-19-20/h3-6,10,12-13,18H,7-9,11H2,1-2H3. The summed E-state index contributed by atoms with van der Waals surface area (Å²) in [6, 6.07) is 8.80. The van der Waals surface area contributed by atoms with Crippen molar-refractivity contribution in [2.75, 3.05) is 13.1 Å². The van der Waals surface area contributed by atoms with E-state index in [1.807, 2.05) is 17.1 Å². The highest BCUT2D eigenvalue weighted by Gasteiger charge is 1.99. The molecule has 0 atom stereocenters. The first-order valence-corrected chi connectivity index (χ1v) is 7.89. The molecule has 0 radical (unpaired) electrons. The lowest BCUT2D eigenvalue weighted by atomic mass is 10.1. The smallest absolute Gasteiger partial charge is 0.0659 e. The van der Waals surface area contributed by atoms with Crippen molar-refractivity contribution in [1.29, 1.82) is 0 Å². The van der Waals surface area contributed by atoms with Gasteiger partial charge < -0.3 is 5.32 Å². The van der Waals surface area contributed by atoms with Crippen LogP contribution in [0.5, 0.6) is 0 Å². The van der Waals surface area contributed by atoms with Crippen LogP contribution in [-0.2, 0) is 13.0 Å². The van der Waals surface area contributed by atoms with E-state index in [0.29, 0.717) is 5.92 Å². The van der Waals surface area contributed by atoms with Crippen LogP contribution < -0.4 is 5.32 Å². The Morgan fingerprint density at radius 2 is 1.90 bits per heavy atom. The zero-order valence-corrected chi connectivity index (χ0v) is 13.7. The van der Waals surface area contributed by atoms with E-state index in [4.69, 9.17) is 0 Å². The number of halogens is 1. The van der Waals surface area contributed by atoms with E-state index in [1.165, 1.54) is 11.1 Å². The molecule has 0 fully saturated rings. The van der Waals surface area contributed by atoms with Crippen molar-refractivity contribution in [3.63, 3.8) is 0 Å². The molecule has 3 nitrogen and oxygen atoms in total. The average molecular weight is 336 g/mol. The number of rotatable bonds is 7. The van der Waals surface area contributed by atoms with Gasteiger partial charge in [0.1, 0.15) is 0 Å². The SMILES string of the molecule is CC(C)CNCCc1ccc(Cn2cc(Br)cn2)cc1. The quantitative estimate of drug-likeness (QED) is 0.785. The second-order valence-corrected chi connectivity index (χ2v) is 6.44. The topological polar surface area (TPSA) is 29.9 Å². The number of aromatic nitrogens is 2. The second-order valence-electron chi connectivity index (χ2n) is 5.52. The number of nitrogens with zero attached hydrogens (tertiary/aromatic N) is 2. The Morgan fingerprint density at radius 3 is 2.50 bits per heavy atom. The van der Waals surface area contributed by atoms with Crippen molar-refractivity contribution in [2.24, 2.45) is 5.92 Å². The number of nitrogens with one attached hydrogen (secondary N) is 1. The van der Waals surface area contributed by atoms with Gasteiger partial charge in [0.2, 0.25) is 0 Å². The summed E-state index contributed by atoms with van der Waals surface area (Å²) in [6.07, 6.45) is 4.89. The molecule has 0 saturated carbocycles. The molecule has 0 aliphatic carbocycles. The van der Waals surface area contributed by atoms with E-state index < -0.39 is 0 Å². The van der Waals surface area contributed by atoms with Crippen molar-refractivity contribution in [3.05, 3.63) is 52.3 Å². The van der Waals surface area contributed by atoms with Crippen LogP contribution in [0.25, 0.3) is 0 Å². The van der Waals surface area contributed by atoms with E-state index in [-0.39, 0.29) is 0 Å². The Morgan fingerprint density at radius 1 is 1.20 bits per heavy atom. The molecule has 1 N–H and O–H groups in total. The van der Waals surface area contributed by atoms with Gasteiger partial charge in [0, 0.05) is 6.20 Å². The van der Waals surface area contributed by atoms with Crippen molar-refractivity contribution in [3.8, 4) is 0 Å². The van der Waals surface area contributed by atoms with Crippen LogP contribution in [0.1, 0.15) is 25.0 Å². The summed E-state index contributed by atoms with van der Waals surface area (Å²) in [6.45, 7) is 7.41. The van der Waals surface area contributed by atoms with Crippen molar-refractivity contribution in [1.82, 2.24) is 15.1 Å². The third-order valence-electron chi connectivity index (χ3n) is 3.11. The third kappa shape index (κ3) is 5.10. The van der Waals surface area contributed by atoms with Crippen LogP contribution in [0, 0.1) is 5.92 Å². The lowest BCUT2D eigenvalue weighted by Crippen LogP contribution is -2.22. The molecular formula is C16H22BrN3. The molecule has 0 saturated heterocycles. The van der Waals surface area contributed by atoms with E-state index in [9.17, 15) is 0 Å². The summed E-state index contributed by atoms with van der Waals surface area (Å²) in [5.41, 5.74) is 2.66. The van der Waals surface area contributed by atoms with Crippen LogP contribution in [0.15, 0.2) is 41.1 Å². The molecule has 2 rings (SSSR count). The third-order valence-corrected chi connectivity index (χ3v) is 3.52. The van der Waals surface area contributed by atoms with Crippen LogP contribution in [-0.4, -0.2) is 22.9 Å². The van der Waals surface area contributed by atoms with Crippen LogP contribution in [0.4, 0.5) is 0 Å². The van der Waals surface area contributed by atoms with Gasteiger partial charge in [-0.15, -0.1) is 0 Å². The molecule has 0 amide bonds. The van der Waals surface area contributed by atoms with Crippen molar-refractivity contribution < 1.29 is 0 Å². The maximum Gasteiger partial charge on any atom is 0.0659 e. The van der Waals surface area contributed by atoms with Crippen LogP contribution in [0.3, 0.4) is 0 Å². The predicted molar refractivity (Wildman–Crippen MR) is 86.9 cm³/mol. The highest BCUT2D eigenvalue weighted by atomic mass is 79.9. The van der Waals surface area contributed by atoms with Gasteiger partial charge in [-0.1, -0.05) is 38.1 Å². The number of benzene rings is 1. The number of hydrogen-bond donors (Lipinski definition) is 1. The fraction of sp³-hybridized carbons (Fsp3) is 0.438. The number of hydrogen-bond acceptors (Lipinski definition) is 2. The fourth-order valence-corrected chi connectivity index (χ4v) is 2.37. The highest BCUT2D eigenvalue weighted by molar-refractivity contribution is 9.10. The lowest BCUT2D eigenvalue weighted by Gasteiger charge is -2.08. The molecule has 0 spiro atoms. The Bertz CT molecular complexity index is 517. The highest BCUT2D eigenvalue weighted by Crippen LogP contribution is 2.10. The summed E-state index contributed by atoms with van der Waals surface area (Å²) < 4.78 is 2.95. The Hall–Kier alpha value is -1.13. The van der Waals surface area contributed by atoms with Gasteiger partial charge in [0.15, 0.2) is 0 Å². The molecule has 4 heteroatoms. The minimum atomic E-state index is 0.714. The summed E-state index contributed by atoms with van der Waals surface area (Å²) in [5, 5.41) is 7.74. The van der Waals surface area contributed by atoms with Gasteiger partial charge in [0.05, 0.1) is 17.2 Å². The molecule has 0 unspecified atom stereocenters. The molecule has 2 aromatic rings. The first-order valence-electron chi connectivity index (χ1n) is 7.10. The van der Waals surface area contributed by atoms with E-state index >= 15 is 0 Å². The molecule has 1 aromatic heterocycles.